The Hall–Kier alpha value is -0.110. The van der Waals surface area contributed by atoms with Gasteiger partial charge in [0.05, 0.1) is 0 Å². The fourth-order valence-corrected chi connectivity index (χ4v) is 2.48. The minimum absolute atomic E-state index is 0.901. The lowest BCUT2D eigenvalue weighted by Crippen LogP contribution is -2.20. The van der Waals surface area contributed by atoms with Gasteiger partial charge in [0.2, 0.25) is 8.10 Å². The molecular formula is C8H17N2OP. The van der Waals surface area contributed by atoms with Gasteiger partial charge >= 0.3 is 0 Å². The summed E-state index contributed by atoms with van der Waals surface area (Å²) in [6, 6.07) is 0. The first-order chi connectivity index (χ1) is 5.72. The molecule has 1 aliphatic rings. The molecule has 0 aromatic rings. The van der Waals surface area contributed by atoms with Crippen LogP contribution in [0.1, 0.15) is 12.8 Å². The summed E-state index contributed by atoms with van der Waals surface area (Å²) in [5.41, 5.74) is 0. The lowest BCUT2D eigenvalue weighted by Gasteiger charge is -2.22. The van der Waals surface area contributed by atoms with Gasteiger partial charge in [-0.15, -0.1) is 0 Å². The van der Waals surface area contributed by atoms with Gasteiger partial charge < -0.3 is 0 Å². The SMILES string of the molecule is CN1CC/C=C\CCN(C)[PH]1=O. The van der Waals surface area contributed by atoms with Crippen molar-refractivity contribution in [2.24, 2.45) is 0 Å². The molecule has 0 atom stereocenters. The van der Waals surface area contributed by atoms with E-state index in [2.05, 4.69) is 12.2 Å². The molecule has 0 radical (unpaired) electrons. The van der Waals surface area contributed by atoms with Crippen LogP contribution in [0.25, 0.3) is 0 Å². The van der Waals surface area contributed by atoms with Gasteiger partial charge in [-0.25, -0.2) is 9.34 Å². The zero-order valence-corrected chi connectivity index (χ0v) is 8.79. The Morgan fingerprint density at radius 2 is 1.50 bits per heavy atom. The van der Waals surface area contributed by atoms with Crippen molar-refractivity contribution < 1.29 is 4.57 Å². The minimum Gasteiger partial charge on any atom is -0.292 e. The van der Waals surface area contributed by atoms with Crippen LogP contribution in [0, 0.1) is 0 Å². The lowest BCUT2D eigenvalue weighted by molar-refractivity contribution is 0.420. The van der Waals surface area contributed by atoms with Gasteiger partial charge in [0, 0.05) is 13.1 Å². The van der Waals surface area contributed by atoms with E-state index in [0.29, 0.717) is 0 Å². The molecule has 0 bridgehead atoms. The van der Waals surface area contributed by atoms with Crippen molar-refractivity contribution >= 4 is 8.10 Å². The smallest absolute Gasteiger partial charge is 0.204 e. The van der Waals surface area contributed by atoms with E-state index in [0.717, 1.165) is 25.9 Å². The maximum Gasteiger partial charge on any atom is 0.204 e. The zero-order chi connectivity index (χ0) is 8.97. The second-order valence-corrected chi connectivity index (χ2v) is 5.27. The monoisotopic (exact) mass is 188 g/mol. The maximum atomic E-state index is 11.7. The van der Waals surface area contributed by atoms with E-state index in [1.807, 2.05) is 23.4 Å². The summed E-state index contributed by atoms with van der Waals surface area (Å²) < 4.78 is 15.5. The fourth-order valence-electron chi connectivity index (χ4n) is 1.25. The Kier molecular flexibility index (Phi) is 3.99. The van der Waals surface area contributed by atoms with Crippen molar-refractivity contribution in [1.82, 2.24) is 9.34 Å². The Balaban J connectivity index is 2.58. The van der Waals surface area contributed by atoms with E-state index in [1.165, 1.54) is 0 Å². The van der Waals surface area contributed by atoms with Gasteiger partial charge in [-0.2, -0.15) is 0 Å². The normalized spacial score (nSPS) is 27.5. The molecule has 0 saturated carbocycles. The average molecular weight is 188 g/mol. The molecule has 0 saturated heterocycles. The van der Waals surface area contributed by atoms with Crippen LogP contribution in [0.5, 0.6) is 0 Å². The lowest BCUT2D eigenvalue weighted by atomic mass is 10.3. The average Bonchev–Trinajstić information content (AvgIpc) is 2.12. The summed E-state index contributed by atoms with van der Waals surface area (Å²) in [6.45, 7) is 1.80. The highest BCUT2D eigenvalue weighted by Crippen LogP contribution is 2.29. The van der Waals surface area contributed by atoms with Crippen LogP contribution in [0.15, 0.2) is 12.2 Å². The van der Waals surface area contributed by atoms with E-state index in [1.54, 1.807) is 0 Å². The van der Waals surface area contributed by atoms with Gasteiger partial charge in [-0.05, 0) is 26.9 Å². The summed E-state index contributed by atoms with van der Waals surface area (Å²) in [5, 5.41) is 0. The Morgan fingerprint density at radius 1 is 1.08 bits per heavy atom. The van der Waals surface area contributed by atoms with Crippen molar-refractivity contribution in [3.63, 3.8) is 0 Å². The highest BCUT2D eigenvalue weighted by atomic mass is 31.1. The zero-order valence-electron chi connectivity index (χ0n) is 7.79. The Morgan fingerprint density at radius 3 is 1.92 bits per heavy atom. The highest BCUT2D eigenvalue weighted by molar-refractivity contribution is 7.39. The largest absolute Gasteiger partial charge is 0.292 e. The van der Waals surface area contributed by atoms with Crippen LogP contribution in [0.2, 0.25) is 0 Å². The summed E-state index contributed by atoms with van der Waals surface area (Å²) in [7, 11) is 2.20. The van der Waals surface area contributed by atoms with Crippen molar-refractivity contribution in [3.8, 4) is 0 Å². The summed E-state index contributed by atoms with van der Waals surface area (Å²) >= 11 is 0. The molecule has 0 aliphatic carbocycles. The molecule has 0 fully saturated rings. The maximum absolute atomic E-state index is 11.7. The quantitative estimate of drug-likeness (QED) is 0.426. The third kappa shape index (κ3) is 2.74. The van der Waals surface area contributed by atoms with Crippen LogP contribution in [0.4, 0.5) is 0 Å². The third-order valence-corrected chi connectivity index (χ3v) is 3.84. The van der Waals surface area contributed by atoms with Crippen LogP contribution in [-0.2, 0) is 4.57 Å². The van der Waals surface area contributed by atoms with E-state index in [4.69, 9.17) is 0 Å². The Bertz CT molecular complexity index is 175. The molecule has 0 aromatic carbocycles. The highest BCUT2D eigenvalue weighted by Gasteiger charge is 2.12. The summed E-state index contributed by atoms with van der Waals surface area (Å²) in [5.74, 6) is 0. The molecule has 1 aliphatic heterocycles. The van der Waals surface area contributed by atoms with E-state index in [-0.39, 0.29) is 0 Å². The molecule has 0 amide bonds. The topological polar surface area (TPSA) is 23.6 Å². The predicted molar refractivity (Wildman–Crippen MR) is 52.6 cm³/mol. The molecule has 12 heavy (non-hydrogen) atoms. The van der Waals surface area contributed by atoms with Crippen LogP contribution in [-0.4, -0.2) is 36.5 Å². The van der Waals surface area contributed by atoms with Gasteiger partial charge in [-0.3, -0.25) is 4.57 Å². The van der Waals surface area contributed by atoms with E-state index in [9.17, 15) is 4.57 Å². The van der Waals surface area contributed by atoms with Crippen molar-refractivity contribution in [1.29, 1.82) is 0 Å². The molecule has 1 rings (SSSR count). The predicted octanol–water partition coefficient (Wildman–Crippen LogP) is 1.59. The van der Waals surface area contributed by atoms with E-state index >= 15 is 0 Å². The van der Waals surface area contributed by atoms with E-state index < -0.39 is 8.10 Å². The standard InChI is InChI=1S/C8H17N2OP/c1-9-7-5-3-4-6-8-10(2)12(9)11/h3-4,12H,5-8H2,1-2H3/b4-3-. The van der Waals surface area contributed by atoms with Gasteiger partial charge in [0.15, 0.2) is 0 Å². The number of hydrogen-bond donors (Lipinski definition) is 0. The number of rotatable bonds is 0. The first-order valence-corrected chi connectivity index (χ1v) is 5.63. The summed E-state index contributed by atoms with van der Waals surface area (Å²) in [6.07, 6.45) is 6.37. The molecule has 1 heterocycles. The van der Waals surface area contributed by atoms with Gasteiger partial charge in [-0.1, -0.05) is 12.2 Å². The molecule has 0 N–H and O–H groups in total. The van der Waals surface area contributed by atoms with Crippen LogP contribution in [0.3, 0.4) is 0 Å². The van der Waals surface area contributed by atoms with Crippen LogP contribution >= 0.6 is 8.10 Å². The molecule has 0 unspecified atom stereocenters. The Labute approximate surface area is 74.9 Å². The minimum atomic E-state index is -1.65. The first kappa shape index (κ1) is 9.97. The first-order valence-electron chi connectivity index (χ1n) is 4.33. The van der Waals surface area contributed by atoms with Gasteiger partial charge in [0.1, 0.15) is 0 Å². The fraction of sp³-hybridized carbons (Fsp3) is 0.750. The van der Waals surface area contributed by atoms with Gasteiger partial charge in [0.25, 0.3) is 0 Å². The third-order valence-electron chi connectivity index (χ3n) is 2.08. The van der Waals surface area contributed by atoms with Crippen molar-refractivity contribution in [2.45, 2.75) is 12.8 Å². The summed E-state index contributed by atoms with van der Waals surface area (Å²) in [4.78, 5) is 0. The molecular weight excluding hydrogens is 171 g/mol. The molecule has 0 spiro atoms. The number of hydrogen-bond acceptors (Lipinski definition) is 1. The van der Waals surface area contributed by atoms with Crippen LogP contribution < -0.4 is 0 Å². The molecule has 0 aromatic heterocycles. The second kappa shape index (κ2) is 4.80. The molecule has 4 heteroatoms. The molecule has 70 valence electrons. The van der Waals surface area contributed by atoms with Crippen molar-refractivity contribution in [3.05, 3.63) is 12.2 Å². The number of nitrogens with zero attached hydrogens (tertiary/aromatic N) is 2. The molecule has 3 nitrogen and oxygen atoms in total. The second-order valence-electron chi connectivity index (χ2n) is 3.17. The van der Waals surface area contributed by atoms with Crippen molar-refractivity contribution in [2.75, 3.05) is 27.2 Å².